The molecule has 2 N–H and O–H groups in total. The van der Waals surface area contributed by atoms with Crippen molar-refractivity contribution in [3.63, 3.8) is 0 Å². The van der Waals surface area contributed by atoms with E-state index in [1.807, 2.05) is 48.7 Å². The fourth-order valence-corrected chi connectivity index (χ4v) is 2.73. The van der Waals surface area contributed by atoms with Crippen LogP contribution in [0.5, 0.6) is 0 Å². The van der Waals surface area contributed by atoms with Crippen molar-refractivity contribution in [2.24, 2.45) is 9.98 Å². The molecule has 0 radical (unpaired) electrons. The summed E-state index contributed by atoms with van der Waals surface area (Å²) < 4.78 is 0. The Balaban J connectivity index is 2.10. The standard InChI is InChI=1S/C21H22N4OS/c1-15(22)13-19(25-16-7-4-3-5-8-16)21(23)20(26)11-12-24-17-9-6-10-18(14-17)27-2/h3-10,12,14,22-23H,11,13H2,1-2H3. The van der Waals surface area contributed by atoms with Crippen molar-refractivity contribution in [3.05, 3.63) is 54.6 Å². The van der Waals surface area contributed by atoms with Gasteiger partial charge >= 0.3 is 0 Å². The maximum absolute atomic E-state index is 12.4. The summed E-state index contributed by atoms with van der Waals surface area (Å²) in [4.78, 5) is 22.2. The van der Waals surface area contributed by atoms with Gasteiger partial charge < -0.3 is 5.41 Å². The van der Waals surface area contributed by atoms with Crippen molar-refractivity contribution >= 4 is 52.3 Å². The van der Waals surface area contributed by atoms with Crippen LogP contribution in [0.1, 0.15) is 19.8 Å². The van der Waals surface area contributed by atoms with Crippen LogP contribution in [-0.2, 0) is 4.79 Å². The summed E-state index contributed by atoms with van der Waals surface area (Å²) in [7, 11) is 0. The van der Waals surface area contributed by atoms with Crippen molar-refractivity contribution in [1.29, 1.82) is 10.8 Å². The third-order valence-electron chi connectivity index (χ3n) is 3.59. The molecule has 2 aromatic carbocycles. The average molecular weight is 379 g/mol. The second-order valence-electron chi connectivity index (χ2n) is 5.87. The van der Waals surface area contributed by atoms with Gasteiger partial charge in [0.25, 0.3) is 0 Å². The molecule has 0 spiro atoms. The molecule has 6 heteroatoms. The summed E-state index contributed by atoms with van der Waals surface area (Å²) in [5, 5.41) is 15.9. The van der Waals surface area contributed by atoms with E-state index >= 15 is 0 Å². The fourth-order valence-electron chi connectivity index (χ4n) is 2.28. The van der Waals surface area contributed by atoms with Crippen LogP contribution in [-0.4, -0.2) is 35.4 Å². The van der Waals surface area contributed by atoms with Crippen LogP contribution in [0.2, 0.25) is 0 Å². The minimum atomic E-state index is -0.365. The van der Waals surface area contributed by atoms with Gasteiger partial charge in [0.1, 0.15) is 5.71 Å². The zero-order valence-electron chi connectivity index (χ0n) is 15.4. The van der Waals surface area contributed by atoms with E-state index in [-0.39, 0.29) is 24.3 Å². The molecule has 2 aromatic rings. The van der Waals surface area contributed by atoms with Gasteiger partial charge in [-0.25, -0.2) is 0 Å². The minimum absolute atomic E-state index is 0.0210. The molecule has 138 valence electrons. The quantitative estimate of drug-likeness (QED) is 0.458. The van der Waals surface area contributed by atoms with Gasteiger partial charge in [-0.3, -0.25) is 20.2 Å². The first-order valence-electron chi connectivity index (χ1n) is 8.45. The van der Waals surface area contributed by atoms with E-state index in [1.54, 1.807) is 30.8 Å². The molecule has 0 aliphatic rings. The lowest BCUT2D eigenvalue weighted by Gasteiger charge is -2.06. The topological polar surface area (TPSA) is 89.5 Å². The number of carbonyl (C=O) groups is 1. The van der Waals surface area contributed by atoms with Crippen LogP contribution in [0.3, 0.4) is 0 Å². The first kappa shape index (κ1) is 20.5. The molecule has 0 aromatic heterocycles. The highest BCUT2D eigenvalue weighted by Gasteiger charge is 2.16. The Kier molecular flexibility index (Phi) is 7.82. The van der Waals surface area contributed by atoms with E-state index in [0.29, 0.717) is 17.1 Å². The number of Topliss-reactive ketones (excluding diaryl/α,β-unsaturated/α-hetero) is 1. The van der Waals surface area contributed by atoms with Crippen LogP contribution >= 0.6 is 11.8 Å². The Morgan fingerprint density at radius 3 is 2.44 bits per heavy atom. The van der Waals surface area contributed by atoms with Crippen molar-refractivity contribution in [3.8, 4) is 0 Å². The zero-order chi connectivity index (χ0) is 19.6. The molecular formula is C21H22N4OS. The van der Waals surface area contributed by atoms with E-state index in [9.17, 15) is 4.79 Å². The molecule has 0 fully saturated rings. The molecule has 5 nitrogen and oxygen atoms in total. The number of carbonyl (C=O) groups excluding carboxylic acids is 1. The molecule has 0 heterocycles. The lowest BCUT2D eigenvalue weighted by atomic mass is 10.0. The smallest absolute Gasteiger partial charge is 0.187 e. The number of para-hydroxylation sites is 1. The number of rotatable bonds is 9. The predicted octanol–water partition coefficient (Wildman–Crippen LogP) is 5.29. The SMILES string of the molecule is CSc1cccc(N=CCC(=O)C(=N)C(CC(C)=N)=Nc2ccccc2)c1. The molecular weight excluding hydrogens is 356 g/mol. The highest BCUT2D eigenvalue weighted by atomic mass is 32.2. The third-order valence-corrected chi connectivity index (χ3v) is 4.32. The van der Waals surface area contributed by atoms with Gasteiger partial charge in [0.05, 0.1) is 17.1 Å². The molecule has 0 saturated carbocycles. The molecule has 2 rings (SSSR count). The first-order chi connectivity index (χ1) is 13.0. The summed E-state index contributed by atoms with van der Waals surface area (Å²) in [6.07, 6.45) is 3.71. The first-order valence-corrected chi connectivity index (χ1v) is 9.67. The van der Waals surface area contributed by atoms with Crippen molar-refractivity contribution in [1.82, 2.24) is 0 Å². The van der Waals surface area contributed by atoms with Gasteiger partial charge in [0.2, 0.25) is 0 Å². The Labute approximate surface area is 163 Å². The molecule has 0 saturated heterocycles. The fraction of sp³-hybridized carbons (Fsp3) is 0.190. The van der Waals surface area contributed by atoms with E-state index in [4.69, 9.17) is 10.8 Å². The molecule has 0 aliphatic heterocycles. The molecule has 0 bridgehead atoms. The number of benzene rings is 2. The van der Waals surface area contributed by atoms with Crippen LogP contribution < -0.4 is 0 Å². The van der Waals surface area contributed by atoms with Crippen molar-refractivity contribution < 1.29 is 4.79 Å². The Morgan fingerprint density at radius 2 is 1.78 bits per heavy atom. The lowest BCUT2D eigenvalue weighted by Crippen LogP contribution is -2.25. The van der Waals surface area contributed by atoms with Gasteiger partial charge in [-0.1, -0.05) is 24.3 Å². The van der Waals surface area contributed by atoms with Gasteiger partial charge in [0.15, 0.2) is 5.78 Å². The average Bonchev–Trinajstić information content (AvgIpc) is 2.67. The predicted molar refractivity (Wildman–Crippen MR) is 115 cm³/mol. The number of thioether (sulfide) groups is 1. The largest absolute Gasteiger partial charge is 0.310 e. The Hall–Kier alpha value is -2.86. The maximum Gasteiger partial charge on any atom is 0.187 e. The van der Waals surface area contributed by atoms with Gasteiger partial charge in [-0.2, -0.15) is 0 Å². The number of hydrogen-bond acceptors (Lipinski definition) is 6. The normalized spacial score (nSPS) is 11.6. The van der Waals surface area contributed by atoms with Gasteiger partial charge in [-0.05, 0) is 43.5 Å². The minimum Gasteiger partial charge on any atom is -0.310 e. The molecule has 0 unspecified atom stereocenters. The Morgan fingerprint density at radius 1 is 1.07 bits per heavy atom. The highest BCUT2D eigenvalue weighted by Crippen LogP contribution is 2.20. The van der Waals surface area contributed by atoms with E-state index in [0.717, 1.165) is 10.6 Å². The second kappa shape index (κ2) is 10.3. The number of aliphatic imine (C=N–C) groups is 2. The highest BCUT2D eigenvalue weighted by molar-refractivity contribution is 7.98. The van der Waals surface area contributed by atoms with E-state index in [1.165, 1.54) is 6.21 Å². The lowest BCUT2D eigenvalue weighted by molar-refractivity contribution is -0.111. The van der Waals surface area contributed by atoms with Crippen LogP contribution in [0.4, 0.5) is 11.4 Å². The second-order valence-corrected chi connectivity index (χ2v) is 6.75. The number of nitrogens with one attached hydrogen (secondary N) is 2. The summed E-state index contributed by atoms with van der Waals surface area (Å²) >= 11 is 1.63. The van der Waals surface area contributed by atoms with Crippen LogP contribution in [0.25, 0.3) is 0 Å². The third kappa shape index (κ3) is 6.75. The summed E-state index contributed by atoms with van der Waals surface area (Å²) in [6.45, 7) is 1.64. The Bertz CT molecular complexity index is 888. The number of hydrogen-bond donors (Lipinski definition) is 2. The molecule has 0 amide bonds. The van der Waals surface area contributed by atoms with Crippen LogP contribution in [0, 0.1) is 10.8 Å². The summed E-state index contributed by atoms with van der Waals surface area (Å²) in [6, 6.07) is 16.9. The molecule has 0 aliphatic carbocycles. The number of nitrogens with zero attached hydrogens (tertiary/aromatic N) is 2. The monoisotopic (exact) mass is 378 g/mol. The zero-order valence-corrected chi connectivity index (χ0v) is 16.2. The van der Waals surface area contributed by atoms with E-state index in [2.05, 4.69) is 9.98 Å². The van der Waals surface area contributed by atoms with E-state index < -0.39 is 0 Å². The van der Waals surface area contributed by atoms with Crippen LogP contribution in [0.15, 0.2) is 69.5 Å². The summed E-state index contributed by atoms with van der Waals surface area (Å²) in [5.41, 5.74) is 1.92. The van der Waals surface area contributed by atoms with Crippen molar-refractivity contribution in [2.45, 2.75) is 24.7 Å². The van der Waals surface area contributed by atoms with Crippen molar-refractivity contribution in [2.75, 3.05) is 6.26 Å². The molecule has 27 heavy (non-hydrogen) atoms. The van der Waals surface area contributed by atoms with Gasteiger partial charge in [-0.15, -0.1) is 11.8 Å². The number of ketones is 1. The maximum atomic E-state index is 12.4. The van der Waals surface area contributed by atoms with Gasteiger partial charge in [0, 0.05) is 29.7 Å². The summed E-state index contributed by atoms with van der Waals surface area (Å²) in [5.74, 6) is -0.365. The molecule has 0 atom stereocenters.